The van der Waals surface area contributed by atoms with Gasteiger partial charge in [0.1, 0.15) is 18.0 Å². The summed E-state index contributed by atoms with van der Waals surface area (Å²) in [6.07, 6.45) is 0. The van der Waals surface area contributed by atoms with Crippen molar-refractivity contribution in [2.45, 2.75) is 33.1 Å². The number of fused-ring (bicyclic) bond motifs is 1. The molecule has 6 heteroatoms. The Morgan fingerprint density at radius 1 is 1.18 bits per heavy atom. The van der Waals surface area contributed by atoms with Gasteiger partial charge in [0.15, 0.2) is 6.61 Å². The van der Waals surface area contributed by atoms with Gasteiger partial charge in [0.2, 0.25) is 5.91 Å². The molecule has 28 heavy (non-hydrogen) atoms. The fraction of sp³-hybridized carbons (Fsp3) is 0.364. The van der Waals surface area contributed by atoms with Gasteiger partial charge in [-0.15, -0.1) is 0 Å². The third kappa shape index (κ3) is 4.44. The lowest BCUT2D eigenvalue weighted by atomic mass is 9.86. The summed E-state index contributed by atoms with van der Waals surface area (Å²) in [7, 11) is 0. The van der Waals surface area contributed by atoms with Crippen LogP contribution >= 0.6 is 0 Å². The second-order valence-electron chi connectivity index (χ2n) is 7.71. The standard InChI is InChI=1S/C22H26N2O4/c1-5-27-17-9-7-16(8-10-17)23-20(25)13-24-18-11-6-15(22(2,3)4)12-19(18)28-14-21(24)26/h6-12H,5,13-14H2,1-4H3,(H,23,25). The highest BCUT2D eigenvalue weighted by Gasteiger charge is 2.28. The molecule has 0 bridgehead atoms. The summed E-state index contributed by atoms with van der Waals surface area (Å²) in [4.78, 5) is 26.3. The lowest BCUT2D eigenvalue weighted by Gasteiger charge is -2.30. The molecule has 0 radical (unpaired) electrons. The van der Waals surface area contributed by atoms with Gasteiger partial charge in [-0.25, -0.2) is 0 Å². The van der Waals surface area contributed by atoms with Crippen LogP contribution in [0.3, 0.4) is 0 Å². The first kappa shape index (κ1) is 19.7. The Balaban J connectivity index is 1.73. The van der Waals surface area contributed by atoms with Gasteiger partial charge in [-0.2, -0.15) is 0 Å². The van der Waals surface area contributed by atoms with Gasteiger partial charge >= 0.3 is 0 Å². The van der Waals surface area contributed by atoms with Crippen LogP contribution in [0.15, 0.2) is 42.5 Å². The molecular weight excluding hydrogens is 356 g/mol. The Morgan fingerprint density at radius 2 is 1.89 bits per heavy atom. The van der Waals surface area contributed by atoms with Crippen molar-refractivity contribution in [2.75, 3.05) is 30.0 Å². The lowest BCUT2D eigenvalue weighted by molar-refractivity contribution is -0.123. The van der Waals surface area contributed by atoms with E-state index in [9.17, 15) is 9.59 Å². The normalized spacial score (nSPS) is 13.6. The quantitative estimate of drug-likeness (QED) is 0.855. The molecule has 148 valence electrons. The van der Waals surface area contributed by atoms with Crippen LogP contribution < -0.4 is 19.7 Å². The van der Waals surface area contributed by atoms with Crippen LogP contribution in [0.25, 0.3) is 0 Å². The van der Waals surface area contributed by atoms with Crippen molar-refractivity contribution in [1.29, 1.82) is 0 Å². The van der Waals surface area contributed by atoms with Gasteiger partial charge in [-0.05, 0) is 54.3 Å². The summed E-state index contributed by atoms with van der Waals surface area (Å²) in [6, 6.07) is 12.9. The van der Waals surface area contributed by atoms with E-state index in [4.69, 9.17) is 9.47 Å². The molecule has 0 unspecified atom stereocenters. The molecule has 1 aliphatic heterocycles. The molecule has 0 atom stereocenters. The number of amides is 2. The third-order valence-corrected chi connectivity index (χ3v) is 4.52. The van der Waals surface area contributed by atoms with Gasteiger partial charge in [0.05, 0.1) is 12.3 Å². The van der Waals surface area contributed by atoms with Gasteiger partial charge < -0.3 is 14.8 Å². The molecule has 1 heterocycles. The minimum Gasteiger partial charge on any atom is -0.494 e. The fourth-order valence-corrected chi connectivity index (χ4v) is 2.99. The van der Waals surface area contributed by atoms with E-state index in [2.05, 4.69) is 26.1 Å². The number of carbonyl (C=O) groups is 2. The number of carbonyl (C=O) groups excluding carboxylic acids is 2. The number of benzene rings is 2. The second kappa shape index (κ2) is 7.92. The minimum atomic E-state index is -0.273. The molecule has 2 amide bonds. The van der Waals surface area contributed by atoms with E-state index in [0.29, 0.717) is 23.7 Å². The van der Waals surface area contributed by atoms with Crippen LogP contribution in [0.1, 0.15) is 33.3 Å². The highest BCUT2D eigenvalue weighted by molar-refractivity contribution is 6.05. The van der Waals surface area contributed by atoms with E-state index in [1.807, 2.05) is 25.1 Å². The predicted octanol–water partition coefficient (Wildman–Crippen LogP) is 3.75. The van der Waals surface area contributed by atoms with Gasteiger partial charge in [-0.3, -0.25) is 14.5 Å². The summed E-state index contributed by atoms with van der Waals surface area (Å²) in [5, 5.41) is 2.82. The highest BCUT2D eigenvalue weighted by Crippen LogP contribution is 2.36. The van der Waals surface area contributed by atoms with Crippen molar-refractivity contribution in [1.82, 2.24) is 0 Å². The molecule has 0 saturated heterocycles. The molecular formula is C22H26N2O4. The van der Waals surface area contributed by atoms with Gasteiger partial charge in [-0.1, -0.05) is 26.8 Å². The van der Waals surface area contributed by atoms with Gasteiger partial charge in [0.25, 0.3) is 5.91 Å². The Kier molecular flexibility index (Phi) is 5.58. The molecule has 0 fully saturated rings. The first-order chi connectivity index (χ1) is 13.3. The van der Waals surface area contributed by atoms with E-state index in [0.717, 1.165) is 11.3 Å². The van der Waals surface area contributed by atoms with Crippen molar-refractivity contribution < 1.29 is 19.1 Å². The zero-order chi connectivity index (χ0) is 20.3. The monoisotopic (exact) mass is 382 g/mol. The molecule has 0 saturated carbocycles. The molecule has 2 aromatic rings. The SMILES string of the molecule is CCOc1ccc(NC(=O)CN2C(=O)COc3cc(C(C)(C)C)ccc32)cc1. The number of nitrogens with zero attached hydrogens (tertiary/aromatic N) is 1. The molecule has 0 aliphatic carbocycles. The number of hydrogen-bond donors (Lipinski definition) is 1. The predicted molar refractivity (Wildman–Crippen MR) is 109 cm³/mol. The van der Waals surface area contributed by atoms with Crippen molar-refractivity contribution in [3.05, 3.63) is 48.0 Å². The first-order valence-corrected chi connectivity index (χ1v) is 9.38. The average molecular weight is 382 g/mol. The zero-order valence-electron chi connectivity index (χ0n) is 16.7. The molecule has 1 aliphatic rings. The second-order valence-corrected chi connectivity index (χ2v) is 7.71. The summed E-state index contributed by atoms with van der Waals surface area (Å²) >= 11 is 0. The maximum atomic E-state index is 12.5. The van der Waals surface area contributed by atoms with Crippen molar-refractivity contribution in [3.8, 4) is 11.5 Å². The molecule has 3 rings (SSSR count). The summed E-state index contributed by atoms with van der Waals surface area (Å²) in [5.41, 5.74) is 2.35. The fourth-order valence-electron chi connectivity index (χ4n) is 2.99. The van der Waals surface area contributed by atoms with Crippen LogP contribution in [-0.4, -0.2) is 31.6 Å². The Hall–Kier alpha value is -3.02. The summed E-state index contributed by atoms with van der Waals surface area (Å²) in [6.45, 7) is 8.70. The van der Waals surface area contributed by atoms with E-state index >= 15 is 0 Å². The van der Waals surface area contributed by atoms with E-state index < -0.39 is 0 Å². The Labute approximate surface area is 165 Å². The van der Waals surface area contributed by atoms with E-state index in [1.54, 1.807) is 24.3 Å². The van der Waals surface area contributed by atoms with Gasteiger partial charge in [0, 0.05) is 5.69 Å². The average Bonchev–Trinajstić information content (AvgIpc) is 2.65. The Bertz CT molecular complexity index is 869. The molecule has 0 aromatic heterocycles. The largest absolute Gasteiger partial charge is 0.494 e. The lowest BCUT2D eigenvalue weighted by Crippen LogP contribution is -2.43. The number of hydrogen-bond acceptors (Lipinski definition) is 4. The molecule has 2 aromatic carbocycles. The van der Waals surface area contributed by atoms with Crippen LogP contribution in [-0.2, 0) is 15.0 Å². The van der Waals surface area contributed by atoms with Crippen molar-refractivity contribution in [2.24, 2.45) is 0 Å². The molecule has 0 spiro atoms. The first-order valence-electron chi connectivity index (χ1n) is 9.38. The van der Waals surface area contributed by atoms with Crippen LogP contribution in [0, 0.1) is 0 Å². The number of nitrogens with one attached hydrogen (secondary N) is 1. The van der Waals surface area contributed by atoms with Crippen LogP contribution in [0.5, 0.6) is 11.5 Å². The maximum Gasteiger partial charge on any atom is 0.265 e. The Morgan fingerprint density at radius 3 is 2.54 bits per heavy atom. The zero-order valence-corrected chi connectivity index (χ0v) is 16.7. The van der Waals surface area contributed by atoms with E-state index in [-0.39, 0.29) is 30.4 Å². The van der Waals surface area contributed by atoms with Crippen molar-refractivity contribution in [3.63, 3.8) is 0 Å². The van der Waals surface area contributed by atoms with Crippen LogP contribution in [0.4, 0.5) is 11.4 Å². The smallest absolute Gasteiger partial charge is 0.265 e. The maximum absolute atomic E-state index is 12.5. The number of anilines is 2. The third-order valence-electron chi connectivity index (χ3n) is 4.52. The van der Waals surface area contributed by atoms with Crippen molar-refractivity contribution >= 4 is 23.2 Å². The highest BCUT2D eigenvalue weighted by atomic mass is 16.5. The molecule has 1 N–H and O–H groups in total. The van der Waals surface area contributed by atoms with E-state index in [1.165, 1.54) is 4.90 Å². The topological polar surface area (TPSA) is 67.9 Å². The van der Waals surface area contributed by atoms with Crippen LogP contribution in [0.2, 0.25) is 0 Å². The number of ether oxygens (including phenoxy) is 2. The summed E-state index contributed by atoms with van der Waals surface area (Å²) < 4.78 is 11.0. The number of rotatable bonds is 5. The summed E-state index contributed by atoms with van der Waals surface area (Å²) in [5.74, 6) is 0.858. The molecule has 6 nitrogen and oxygen atoms in total. The minimum absolute atomic E-state index is 0.0320.